The van der Waals surface area contributed by atoms with Gasteiger partial charge >= 0.3 is 5.63 Å². The largest absolute Gasteiger partial charge is 0.427 e. The molecule has 0 spiro atoms. The van der Waals surface area contributed by atoms with Crippen molar-refractivity contribution in [2.45, 2.75) is 38.9 Å². The molecule has 1 amide bonds. The number of benzene rings is 1. The molecular weight excluding hydrogens is 332 g/mol. The zero-order valence-corrected chi connectivity index (χ0v) is 14.8. The van der Waals surface area contributed by atoms with E-state index in [1.165, 1.54) is 0 Å². The van der Waals surface area contributed by atoms with Crippen LogP contribution in [0, 0.1) is 6.92 Å². The molecule has 1 saturated heterocycles. The summed E-state index contributed by atoms with van der Waals surface area (Å²) in [6.45, 7) is 4.72. The van der Waals surface area contributed by atoms with E-state index in [0.29, 0.717) is 30.2 Å². The number of hydrogen-bond donors (Lipinski definition) is 2. The molecule has 1 unspecified atom stereocenters. The molecule has 2 aliphatic heterocycles. The third-order valence-electron chi connectivity index (χ3n) is 5.07. The number of carbonyl (C=O) groups excluding carboxylic acids is 1. The van der Waals surface area contributed by atoms with Crippen LogP contribution in [-0.2, 0) is 18.0 Å². The van der Waals surface area contributed by atoms with Crippen LogP contribution >= 0.6 is 0 Å². The third kappa shape index (κ3) is 3.30. The second-order valence-electron chi connectivity index (χ2n) is 6.97. The van der Waals surface area contributed by atoms with E-state index in [1.54, 1.807) is 6.92 Å². The summed E-state index contributed by atoms with van der Waals surface area (Å²) in [5.74, 6) is 0.401. The monoisotopic (exact) mass is 354 g/mol. The van der Waals surface area contributed by atoms with Gasteiger partial charge in [-0.3, -0.25) is 4.79 Å². The second-order valence-corrected chi connectivity index (χ2v) is 6.97. The Morgan fingerprint density at radius 1 is 1.23 bits per heavy atom. The average molecular weight is 354 g/mol. The van der Waals surface area contributed by atoms with Gasteiger partial charge in [0.15, 0.2) is 0 Å². The van der Waals surface area contributed by atoms with Crippen molar-refractivity contribution < 1.29 is 13.9 Å². The smallest absolute Gasteiger partial charge is 0.349 e. The van der Waals surface area contributed by atoms with Crippen molar-refractivity contribution in [1.29, 1.82) is 0 Å². The number of amides is 1. The molecule has 2 aromatic rings. The maximum Gasteiger partial charge on any atom is 0.349 e. The lowest BCUT2D eigenvalue weighted by Crippen LogP contribution is -2.30. The molecule has 1 aromatic heterocycles. The Morgan fingerprint density at radius 3 is 2.85 bits per heavy atom. The highest BCUT2D eigenvalue weighted by molar-refractivity contribution is 6.04. The van der Waals surface area contributed by atoms with E-state index < -0.39 is 11.5 Å². The van der Waals surface area contributed by atoms with Crippen LogP contribution in [0.25, 0.3) is 0 Å². The van der Waals surface area contributed by atoms with Crippen molar-refractivity contribution in [3.8, 4) is 0 Å². The van der Waals surface area contributed by atoms with Crippen LogP contribution < -0.4 is 16.3 Å². The van der Waals surface area contributed by atoms with Gasteiger partial charge in [-0.05, 0) is 61.2 Å². The lowest BCUT2D eigenvalue weighted by Gasteiger charge is -2.22. The third-order valence-corrected chi connectivity index (χ3v) is 5.07. The molecule has 0 aliphatic carbocycles. The molecule has 0 radical (unpaired) electrons. The van der Waals surface area contributed by atoms with Gasteiger partial charge in [0.2, 0.25) is 0 Å². The Morgan fingerprint density at radius 2 is 2.08 bits per heavy atom. The SMILES string of the molecule is Cc1cc(C2CCCNC2)oc(=O)c1C(=O)Nc1ccc2c(c1)COC2. The van der Waals surface area contributed by atoms with E-state index in [4.69, 9.17) is 9.15 Å². The first-order valence-electron chi connectivity index (χ1n) is 8.98. The highest BCUT2D eigenvalue weighted by Crippen LogP contribution is 2.25. The molecule has 1 aromatic carbocycles. The van der Waals surface area contributed by atoms with Gasteiger partial charge in [0.25, 0.3) is 5.91 Å². The van der Waals surface area contributed by atoms with Crippen molar-refractivity contribution in [3.63, 3.8) is 0 Å². The maximum atomic E-state index is 12.6. The number of rotatable bonds is 3. The summed E-state index contributed by atoms with van der Waals surface area (Å²) < 4.78 is 10.9. The van der Waals surface area contributed by atoms with Crippen molar-refractivity contribution in [3.05, 3.63) is 62.7 Å². The summed E-state index contributed by atoms with van der Waals surface area (Å²) in [7, 11) is 0. The Balaban J connectivity index is 1.56. The lowest BCUT2D eigenvalue weighted by molar-refractivity contribution is 0.102. The molecule has 136 valence electrons. The predicted octanol–water partition coefficient (Wildman–Crippen LogP) is 2.70. The summed E-state index contributed by atoms with van der Waals surface area (Å²) in [4.78, 5) is 25.1. The predicted molar refractivity (Wildman–Crippen MR) is 97.4 cm³/mol. The van der Waals surface area contributed by atoms with Crippen molar-refractivity contribution >= 4 is 11.6 Å². The number of anilines is 1. The fourth-order valence-electron chi connectivity index (χ4n) is 3.65. The molecular formula is C20H22N2O4. The number of nitrogens with one attached hydrogen (secondary N) is 2. The van der Waals surface area contributed by atoms with E-state index in [2.05, 4.69) is 10.6 Å². The number of hydrogen-bond acceptors (Lipinski definition) is 5. The fraction of sp³-hybridized carbons (Fsp3) is 0.400. The normalized spacial score (nSPS) is 19.2. The van der Waals surface area contributed by atoms with Crippen molar-refractivity contribution in [2.75, 3.05) is 18.4 Å². The number of ether oxygens (including phenoxy) is 1. The zero-order valence-electron chi connectivity index (χ0n) is 14.8. The first-order valence-corrected chi connectivity index (χ1v) is 8.98. The zero-order chi connectivity index (χ0) is 18.1. The molecule has 0 bridgehead atoms. The van der Waals surface area contributed by atoms with Gasteiger partial charge in [0.1, 0.15) is 11.3 Å². The van der Waals surface area contributed by atoms with Crippen LogP contribution in [0.4, 0.5) is 5.69 Å². The summed E-state index contributed by atoms with van der Waals surface area (Å²) in [6, 6.07) is 7.47. The first kappa shape index (κ1) is 17.0. The number of fused-ring (bicyclic) bond motifs is 1. The maximum absolute atomic E-state index is 12.6. The highest BCUT2D eigenvalue weighted by Gasteiger charge is 2.23. The minimum Gasteiger partial charge on any atom is -0.427 e. The van der Waals surface area contributed by atoms with Crippen LogP contribution in [0.15, 0.2) is 33.5 Å². The molecule has 2 aliphatic rings. The van der Waals surface area contributed by atoms with Gasteiger partial charge in [-0.25, -0.2) is 4.79 Å². The standard InChI is InChI=1S/C20H22N2O4/c1-12-7-17(13-3-2-6-21-9-13)26-20(24)18(12)19(23)22-16-5-4-14-10-25-11-15(14)8-16/h4-5,7-8,13,21H,2-3,6,9-11H2,1H3,(H,22,23). The topological polar surface area (TPSA) is 80.6 Å². The van der Waals surface area contributed by atoms with E-state index in [-0.39, 0.29) is 11.5 Å². The van der Waals surface area contributed by atoms with Gasteiger partial charge < -0.3 is 19.8 Å². The van der Waals surface area contributed by atoms with E-state index >= 15 is 0 Å². The molecule has 0 saturated carbocycles. The Kier molecular flexibility index (Phi) is 4.61. The first-order chi connectivity index (χ1) is 12.6. The van der Waals surface area contributed by atoms with Crippen LogP contribution in [0.1, 0.15) is 51.6 Å². The van der Waals surface area contributed by atoms with Crippen LogP contribution in [0.2, 0.25) is 0 Å². The summed E-state index contributed by atoms with van der Waals surface area (Å²) in [5, 5.41) is 6.11. The van der Waals surface area contributed by atoms with E-state index in [1.807, 2.05) is 24.3 Å². The molecule has 1 atom stereocenters. The Bertz CT molecular complexity index is 897. The average Bonchev–Trinajstić information content (AvgIpc) is 3.09. The van der Waals surface area contributed by atoms with Gasteiger partial charge in [0.05, 0.1) is 13.2 Å². The minimum atomic E-state index is -0.576. The molecule has 2 N–H and O–H groups in total. The molecule has 3 heterocycles. The quantitative estimate of drug-likeness (QED) is 0.886. The lowest BCUT2D eigenvalue weighted by atomic mass is 9.95. The van der Waals surface area contributed by atoms with Crippen LogP contribution in [0.5, 0.6) is 0 Å². The van der Waals surface area contributed by atoms with Crippen molar-refractivity contribution in [2.24, 2.45) is 0 Å². The highest BCUT2D eigenvalue weighted by atomic mass is 16.5. The van der Waals surface area contributed by atoms with Crippen LogP contribution in [-0.4, -0.2) is 19.0 Å². The Labute approximate surface area is 151 Å². The fourth-order valence-corrected chi connectivity index (χ4v) is 3.65. The number of aryl methyl sites for hydroxylation is 1. The molecule has 6 heteroatoms. The molecule has 1 fully saturated rings. The summed E-state index contributed by atoms with van der Waals surface area (Å²) >= 11 is 0. The van der Waals surface area contributed by atoms with Gasteiger partial charge in [-0.1, -0.05) is 6.07 Å². The Hall–Kier alpha value is -2.44. The van der Waals surface area contributed by atoms with Gasteiger partial charge in [-0.2, -0.15) is 0 Å². The second kappa shape index (κ2) is 7.05. The van der Waals surface area contributed by atoms with Gasteiger partial charge in [0, 0.05) is 18.2 Å². The molecule has 6 nitrogen and oxygen atoms in total. The number of carbonyl (C=O) groups is 1. The minimum absolute atomic E-state index is 0.0641. The molecule has 4 rings (SSSR count). The summed E-state index contributed by atoms with van der Waals surface area (Å²) in [5.41, 5.74) is 2.97. The van der Waals surface area contributed by atoms with Crippen LogP contribution in [0.3, 0.4) is 0 Å². The number of piperidine rings is 1. The van der Waals surface area contributed by atoms with Gasteiger partial charge in [-0.15, -0.1) is 0 Å². The van der Waals surface area contributed by atoms with Crippen molar-refractivity contribution in [1.82, 2.24) is 5.32 Å². The summed E-state index contributed by atoms with van der Waals surface area (Å²) in [6.07, 6.45) is 2.04. The van der Waals surface area contributed by atoms with E-state index in [9.17, 15) is 9.59 Å². The molecule has 26 heavy (non-hydrogen) atoms. The van der Waals surface area contributed by atoms with E-state index in [0.717, 1.165) is 37.1 Å².